The van der Waals surface area contributed by atoms with Crippen molar-refractivity contribution in [1.29, 1.82) is 0 Å². The Bertz CT molecular complexity index is 426. The number of allylic oxidation sites excluding steroid dienone is 1. The van der Waals surface area contributed by atoms with Gasteiger partial charge in [-0.05, 0) is 19.9 Å². The average molecular weight is 247 g/mol. The van der Waals surface area contributed by atoms with Crippen LogP contribution in [0.1, 0.15) is 12.5 Å². The van der Waals surface area contributed by atoms with Crippen molar-refractivity contribution in [2.24, 2.45) is 0 Å². The van der Waals surface area contributed by atoms with Crippen molar-refractivity contribution in [2.75, 3.05) is 13.2 Å². The first-order chi connectivity index (χ1) is 8.65. The molecule has 1 heterocycles. The van der Waals surface area contributed by atoms with Gasteiger partial charge in [0.05, 0.1) is 6.54 Å². The normalized spacial score (nSPS) is 14.1. The summed E-state index contributed by atoms with van der Waals surface area (Å²) in [6.07, 6.45) is 2.38. The van der Waals surface area contributed by atoms with Gasteiger partial charge in [-0.3, -0.25) is 4.79 Å². The molecule has 4 nitrogen and oxygen atoms in total. The Morgan fingerprint density at radius 3 is 2.39 bits per heavy atom. The van der Waals surface area contributed by atoms with Crippen LogP contribution in [0.5, 0.6) is 0 Å². The molecule has 1 saturated heterocycles. The van der Waals surface area contributed by atoms with Crippen LogP contribution in [0.25, 0.3) is 0 Å². The molecule has 0 bridgehead atoms. The summed E-state index contributed by atoms with van der Waals surface area (Å²) in [7, 11) is 0. The number of hydrogen-bond donors (Lipinski definition) is 0. The third kappa shape index (κ3) is 4.41. The van der Waals surface area contributed by atoms with Crippen molar-refractivity contribution in [3.8, 4) is 0 Å². The van der Waals surface area contributed by atoms with E-state index in [4.69, 9.17) is 0 Å². The number of cyclic esters (lactones) is 1. The predicted molar refractivity (Wildman–Crippen MR) is 69.1 cm³/mol. The van der Waals surface area contributed by atoms with Crippen LogP contribution in [0.2, 0.25) is 0 Å². The van der Waals surface area contributed by atoms with Crippen molar-refractivity contribution >= 4 is 12.0 Å². The van der Waals surface area contributed by atoms with Crippen LogP contribution < -0.4 is 0 Å². The molecule has 0 spiro atoms. The Labute approximate surface area is 107 Å². The zero-order valence-electron chi connectivity index (χ0n) is 10.6. The largest absolute Gasteiger partial charge is 0.447 e. The molecular formula is C14H17NO3. The highest BCUT2D eigenvalue weighted by atomic mass is 16.6. The van der Waals surface area contributed by atoms with E-state index in [-0.39, 0.29) is 5.91 Å². The summed E-state index contributed by atoms with van der Waals surface area (Å²) < 4.78 is 4.57. The van der Waals surface area contributed by atoms with Gasteiger partial charge in [-0.1, -0.05) is 42.0 Å². The monoisotopic (exact) mass is 247 g/mol. The highest BCUT2D eigenvalue weighted by Crippen LogP contribution is 2.03. The lowest BCUT2D eigenvalue weighted by atomic mass is 10.2. The summed E-state index contributed by atoms with van der Waals surface area (Å²) in [6, 6.07) is 10.3. The molecule has 0 radical (unpaired) electrons. The molecule has 96 valence electrons. The van der Waals surface area contributed by atoms with Crippen LogP contribution in [0.4, 0.5) is 4.79 Å². The highest BCUT2D eigenvalue weighted by Gasteiger charge is 2.26. The first-order valence-electron chi connectivity index (χ1n) is 5.77. The molecule has 0 saturated carbocycles. The summed E-state index contributed by atoms with van der Waals surface area (Å²) in [5.41, 5.74) is 1.32. The number of ether oxygens (including phenoxy) is 1. The summed E-state index contributed by atoms with van der Waals surface area (Å²) >= 11 is 0. The second-order valence-corrected chi connectivity index (χ2v) is 3.76. The molecule has 2 amide bonds. The van der Waals surface area contributed by atoms with Gasteiger partial charge in [-0.15, -0.1) is 0 Å². The second kappa shape index (κ2) is 7.27. The van der Waals surface area contributed by atoms with Crippen molar-refractivity contribution < 1.29 is 14.3 Å². The maximum absolute atomic E-state index is 11.0. The van der Waals surface area contributed by atoms with Gasteiger partial charge in [0.15, 0.2) is 0 Å². The number of imide groups is 1. The summed E-state index contributed by atoms with van der Waals surface area (Å²) in [6.45, 7) is 4.48. The molecule has 0 aromatic heterocycles. The third-order valence-electron chi connectivity index (χ3n) is 2.28. The first-order valence-corrected chi connectivity index (χ1v) is 5.77. The van der Waals surface area contributed by atoms with Crippen LogP contribution >= 0.6 is 0 Å². The van der Waals surface area contributed by atoms with Crippen molar-refractivity contribution in [3.05, 3.63) is 48.0 Å². The minimum atomic E-state index is -0.548. The molecule has 0 N–H and O–H groups in total. The number of rotatable bonds is 1. The van der Waals surface area contributed by atoms with Gasteiger partial charge in [0.25, 0.3) is 5.91 Å². The van der Waals surface area contributed by atoms with E-state index in [2.05, 4.69) is 23.8 Å². The van der Waals surface area contributed by atoms with Crippen molar-refractivity contribution in [3.63, 3.8) is 0 Å². The Morgan fingerprint density at radius 2 is 2.00 bits per heavy atom. The summed E-state index contributed by atoms with van der Waals surface area (Å²) in [5, 5.41) is 0. The zero-order valence-corrected chi connectivity index (χ0v) is 10.6. The number of carbonyl (C=O) groups excluding carboxylic acids is 2. The second-order valence-electron chi connectivity index (χ2n) is 3.76. The van der Waals surface area contributed by atoms with E-state index in [1.807, 2.05) is 18.2 Å². The first kappa shape index (κ1) is 14.0. The Balaban J connectivity index is 0.000000199. The predicted octanol–water partition coefficient (Wildman–Crippen LogP) is 2.54. The van der Waals surface area contributed by atoms with Gasteiger partial charge >= 0.3 is 6.09 Å². The van der Waals surface area contributed by atoms with E-state index in [0.29, 0.717) is 13.2 Å². The molecule has 1 fully saturated rings. The molecule has 0 atom stereocenters. The molecule has 1 aromatic rings. The van der Waals surface area contributed by atoms with Crippen molar-refractivity contribution in [1.82, 2.24) is 4.90 Å². The summed E-state index contributed by atoms with van der Waals surface area (Å²) in [4.78, 5) is 22.8. The third-order valence-corrected chi connectivity index (χ3v) is 2.28. The van der Waals surface area contributed by atoms with Crippen LogP contribution in [0.3, 0.4) is 0 Å². The van der Waals surface area contributed by atoms with E-state index in [0.717, 1.165) is 4.90 Å². The molecule has 0 unspecified atom stereocenters. The van der Waals surface area contributed by atoms with Crippen LogP contribution in [0, 0.1) is 6.92 Å². The maximum atomic E-state index is 11.0. The molecule has 0 aliphatic carbocycles. The van der Waals surface area contributed by atoms with E-state index >= 15 is 0 Å². The topological polar surface area (TPSA) is 46.6 Å². The lowest BCUT2D eigenvalue weighted by molar-refractivity contribution is -0.122. The molecule has 1 aliphatic heterocycles. The standard InChI is InChI=1S/C7H9NO3.C7H8/c1-2-3-6(9)8-4-5-11-7(8)10;1-7-5-3-2-4-6-7/h2-3H,4-5H2,1H3;2-6H,1H3/b3-2+;. The number of hydrogen-bond acceptors (Lipinski definition) is 3. The lowest BCUT2D eigenvalue weighted by Gasteiger charge is -2.05. The van der Waals surface area contributed by atoms with Crippen LogP contribution in [0.15, 0.2) is 42.5 Å². The molecular weight excluding hydrogens is 230 g/mol. The Kier molecular flexibility index (Phi) is 5.64. The average Bonchev–Trinajstić information content (AvgIpc) is 2.78. The lowest BCUT2D eigenvalue weighted by Crippen LogP contribution is -2.29. The fourth-order valence-electron chi connectivity index (χ4n) is 1.36. The smallest absolute Gasteiger partial charge is 0.416 e. The fourth-order valence-corrected chi connectivity index (χ4v) is 1.36. The SMILES string of the molecule is C/C=C/C(=O)N1CCOC1=O.Cc1ccccc1. The van der Waals surface area contributed by atoms with Gasteiger partial charge in [-0.25, -0.2) is 9.69 Å². The van der Waals surface area contributed by atoms with Gasteiger partial charge < -0.3 is 4.74 Å². The molecule has 2 rings (SSSR count). The minimum Gasteiger partial charge on any atom is -0.447 e. The van der Waals surface area contributed by atoms with Gasteiger partial charge in [0, 0.05) is 0 Å². The zero-order chi connectivity index (χ0) is 13.4. The van der Waals surface area contributed by atoms with Crippen molar-refractivity contribution in [2.45, 2.75) is 13.8 Å². The van der Waals surface area contributed by atoms with Crippen LogP contribution in [-0.4, -0.2) is 30.1 Å². The van der Waals surface area contributed by atoms with Gasteiger partial charge in [0.2, 0.25) is 0 Å². The number of carbonyl (C=O) groups is 2. The molecule has 4 heteroatoms. The summed E-state index contributed by atoms with van der Waals surface area (Å²) in [5.74, 6) is -0.310. The molecule has 1 aromatic carbocycles. The quantitative estimate of drug-likeness (QED) is 0.716. The van der Waals surface area contributed by atoms with E-state index in [9.17, 15) is 9.59 Å². The minimum absolute atomic E-state index is 0.308. The van der Waals surface area contributed by atoms with Gasteiger partial charge in [0.1, 0.15) is 6.61 Å². The Hall–Kier alpha value is -2.10. The highest BCUT2D eigenvalue weighted by molar-refractivity contribution is 5.99. The van der Waals surface area contributed by atoms with E-state index in [1.54, 1.807) is 13.0 Å². The van der Waals surface area contributed by atoms with E-state index in [1.165, 1.54) is 11.6 Å². The van der Waals surface area contributed by atoms with Crippen LogP contribution in [-0.2, 0) is 9.53 Å². The number of aryl methyl sites for hydroxylation is 1. The number of nitrogens with zero attached hydrogens (tertiary/aromatic N) is 1. The molecule has 18 heavy (non-hydrogen) atoms. The van der Waals surface area contributed by atoms with E-state index < -0.39 is 6.09 Å². The molecule has 1 aliphatic rings. The Morgan fingerprint density at radius 1 is 1.33 bits per heavy atom. The maximum Gasteiger partial charge on any atom is 0.416 e. The number of benzene rings is 1. The number of amides is 2. The van der Waals surface area contributed by atoms with Gasteiger partial charge in [-0.2, -0.15) is 0 Å². The fraction of sp³-hybridized carbons (Fsp3) is 0.286.